The maximum absolute atomic E-state index is 12.3. The number of nitrogens with one attached hydrogen (secondary N) is 4. The fourth-order valence-corrected chi connectivity index (χ4v) is 2.64. The molecule has 0 unspecified atom stereocenters. The van der Waals surface area contributed by atoms with Crippen LogP contribution in [-0.2, 0) is 0 Å². The molecular weight excluding hydrogens is 436 g/mol. The summed E-state index contributed by atoms with van der Waals surface area (Å²) in [7, 11) is 0. The molecule has 33 heavy (non-hydrogen) atoms. The Labute approximate surface area is 185 Å². The number of nitro benzene ring substituents is 1. The Morgan fingerprint density at radius 1 is 0.818 bits per heavy atom. The number of amides is 2. The number of aromatic nitrogens is 2. The minimum absolute atomic E-state index is 0.268. The Balaban J connectivity index is 1.76. The van der Waals surface area contributed by atoms with Crippen molar-refractivity contribution in [3.8, 4) is 0 Å². The highest BCUT2D eigenvalue weighted by atomic mass is 16.6. The van der Waals surface area contributed by atoms with Crippen molar-refractivity contribution < 1.29 is 19.4 Å². The number of aryl methyl sites for hydroxylation is 1. The van der Waals surface area contributed by atoms with E-state index in [0.717, 1.165) is 18.0 Å². The molecule has 168 valence electrons. The normalized spacial score (nSPS) is 10.1. The number of carbonyl (C=O) groups is 2. The highest BCUT2D eigenvalue weighted by Crippen LogP contribution is 2.28. The zero-order valence-electron chi connectivity index (χ0n) is 16.9. The van der Waals surface area contributed by atoms with Crippen molar-refractivity contribution in [2.24, 2.45) is 0 Å². The van der Waals surface area contributed by atoms with Gasteiger partial charge in [-0.15, -0.1) is 0 Å². The summed E-state index contributed by atoms with van der Waals surface area (Å²) in [6.45, 7) is 1.85. The van der Waals surface area contributed by atoms with Crippen molar-refractivity contribution >= 4 is 34.8 Å². The Kier molecular flexibility index (Phi) is 6.68. The third-order valence-corrected chi connectivity index (χ3v) is 4.25. The maximum Gasteiger partial charge on any atom is 0.356 e. The SMILES string of the molecule is Cc1ccc(C(=O)NNc2ncnc(NNC(=O)c3ccccc3[N+](=O)[O-])c2[N+](=O)[O-])cc1. The van der Waals surface area contributed by atoms with Crippen LogP contribution in [-0.4, -0.2) is 31.6 Å². The average Bonchev–Trinajstić information content (AvgIpc) is 2.81. The van der Waals surface area contributed by atoms with Crippen molar-refractivity contribution in [3.05, 3.63) is 91.8 Å². The van der Waals surface area contributed by atoms with Crippen LogP contribution in [0.4, 0.5) is 23.0 Å². The van der Waals surface area contributed by atoms with Crippen LogP contribution >= 0.6 is 0 Å². The first-order valence-corrected chi connectivity index (χ1v) is 9.20. The third kappa shape index (κ3) is 5.32. The minimum atomic E-state index is -0.919. The van der Waals surface area contributed by atoms with E-state index in [2.05, 4.69) is 31.7 Å². The van der Waals surface area contributed by atoms with Crippen LogP contribution in [0, 0.1) is 27.2 Å². The number of para-hydroxylation sites is 1. The zero-order chi connectivity index (χ0) is 24.0. The van der Waals surface area contributed by atoms with Gasteiger partial charge in [-0.3, -0.25) is 51.5 Å². The van der Waals surface area contributed by atoms with E-state index >= 15 is 0 Å². The van der Waals surface area contributed by atoms with Crippen LogP contribution in [0.25, 0.3) is 0 Å². The monoisotopic (exact) mass is 452 g/mol. The fraction of sp³-hybridized carbons (Fsp3) is 0.0526. The lowest BCUT2D eigenvalue weighted by molar-refractivity contribution is -0.385. The summed E-state index contributed by atoms with van der Waals surface area (Å²) in [5.41, 5.74) is 8.88. The molecule has 0 bridgehead atoms. The predicted molar refractivity (Wildman–Crippen MR) is 115 cm³/mol. The van der Waals surface area contributed by atoms with Gasteiger partial charge in [0.25, 0.3) is 17.5 Å². The predicted octanol–water partition coefficient (Wildman–Crippen LogP) is 2.12. The number of hydrazine groups is 2. The summed E-state index contributed by atoms with van der Waals surface area (Å²) in [5, 5.41) is 22.7. The van der Waals surface area contributed by atoms with E-state index in [4.69, 9.17) is 0 Å². The molecule has 14 heteroatoms. The summed E-state index contributed by atoms with van der Waals surface area (Å²) in [6, 6.07) is 11.8. The van der Waals surface area contributed by atoms with E-state index in [9.17, 15) is 29.8 Å². The van der Waals surface area contributed by atoms with Crippen molar-refractivity contribution in [3.63, 3.8) is 0 Å². The van der Waals surface area contributed by atoms with E-state index in [1.165, 1.54) is 18.2 Å². The van der Waals surface area contributed by atoms with Gasteiger partial charge in [0.1, 0.15) is 11.9 Å². The molecule has 3 rings (SSSR count). The lowest BCUT2D eigenvalue weighted by Crippen LogP contribution is -2.32. The summed E-state index contributed by atoms with van der Waals surface area (Å²) in [4.78, 5) is 53.1. The molecule has 0 aliphatic rings. The van der Waals surface area contributed by atoms with E-state index < -0.39 is 38.9 Å². The lowest BCUT2D eigenvalue weighted by Gasteiger charge is -2.11. The summed E-state index contributed by atoms with van der Waals surface area (Å²) < 4.78 is 0. The number of benzene rings is 2. The second-order valence-corrected chi connectivity index (χ2v) is 6.48. The average molecular weight is 452 g/mol. The molecule has 1 aromatic heterocycles. The number of hydrogen-bond acceptors (Lipinski definition) is 10. The molecule has 3 aromatic rings. The van der Waals surface area contributed by atoms with Gasteiger partial charge in [0.2, 0.25) is 11.6 Å². The van der Waals surface area contributed by atoms with Gasteiger partial charge in [-0.05, 0) is 25.1 Å². The molecule has 0 aliphatic carbocycles. The van der Waals surface area contributed by atoms with E-state index in [1.807, 2.05) is 6.92 Å². The first-order valence-electron chi connectivity index (χ1n) is 9.20. The summed E-state index contributed by atoms with van der Waals surface area (Å²) in [6.07, 6.45) is 0.951. The Bertz CT molecular complexity index is 1230. The summed E-state index contributed by atoms with van der Waals surface area (Å²) in [5.74, 6) is -2.27. The molecule has 0 fully saturated rings. The van der Waals surface area contributed by atoms with E-state index in [-0.39, 0.29) is 11.4 Å². The molecule has 2 amide bonds. The number of nitro groups is 2. The van der Waals surface area contributed by atoms with Gasteiger partial charge in [-0.2, -0.15) is 0 Å². The van der Waals surface area contributed by atoms with Gasteiger partial charge in [0, 0.05) is 11.6 Å². The number of hydrogen-bond donors (Lipinski definition) is 4. The van der Waals surface area contributed by atoms with Crippen molar-refractivity contribution in [2.75, 3.05) is 10.9 Å². The first kappa shape index (κ1) is 22.5. The second kappa shape index (κ2) is 9.78. The highest BCUT2D eigenvalue weighted by Gasteiger charge is 2.25. The van der Waals surface area contributed by atoms with Crippen LogP contribution < -0.4 is 21.7 Å². The molecule has 4 N–H and O–H groups in total. The molecule has 0 aliphatic heterocycles. The number of rotatable bonds is 8. The first-order chi connectivity index (χ1) is 15.8. The van der Waals surface area contributed by atoms with Crippen LogP contribution in [0.5, 0.6) is 0 Å². The van der Waals surface area contributed by atoms with Gasteiger partial charge < -0.3 is 0 Å². The smallest absolute Gasteiger partial charge is 0.276 e. The van der Waals surface area contributed by atoms with Gasteiger partial charge in [-0.25, -0.2) is 9.97 Å². The van der Waals surface area contributed by atoms with E-state index in [0.29, 0.717) is 5.56 Å². The lowest BCUT2D eigenvalue weighted by atomic mass is 10.1. The standard InChI is InChI=1S/C19H16N8O6/c1-11-6-8-12(9-7-11)18(28)24-22-16-15(27(32)33)17(21-10-20-16)23-25-19(29)13-4-2-3-5-14(13)26(30)31/h2-10H,1H3,(H,24,28)(H,25,29)(H2,20,21,22,23). The van der Waals surface area contributed by atoms with Crippen LogP contribution in [0.15, 0.2) is 54.9 Å². The van der Waals surface area contributed by atoms with Gasteiger partial charge in [0.15, 0.2) is 0 Å². The molecule has 0 spiro atoms. The number of nitrogens with zero attached hydrogens (tertiary/aromatic N) is 4. The topological polar surface area (TPSA) is 194 Å². The molecule has 0 atom stereocenters. The van der Waals surface area contributed by atoms with Gasteiger partial charge in [-0.1, -0.05) is 29.8 Å². The fourth-order valence-electron chi connectivity index (χ4n) is 2.64. The van der Waals surface area contributed by atoms with Crippen LogP contribution in [0.1, 0.15) is 26.3 Å². The molecule has 0 radical (unpaired) electrons. The van der Waals surface area contributed by atoms with Gasteiger partial charge >= 0.3 is 5.69 Å². The number of carbonyl (C=O) groups excluding carboxylic acids is 2. The van der Waals surface area contributed by atoms with Crippen LogP contribution in [0.3, 0.4) is 0 Å². The van der Waals surface area contributed by atoms with Gasteiger partial charge in [0.05, 0.1) is 9.85 Å². The maximum atomic E-state index is 12.3. The molecule has 2 aromatic carbocycles. The Hall–Kier alpha value is -5.14. The molecular formula is C19H16N8O6. The number of anilines is 2. The quantitative estimate of drug-likeness (QED) is 0.290. The minimum Gasteiger partial charge on any atom is -0.276 e. The zero-order valence-corrected chi connectivity index (χ0v) is 16.9. The third-order valence-electron chi connectivity index (χ3n) is 4.25. The largest absolute Gasteiger partial charge is 0.356 e. The molecule has 0 saturated heterocycles. The van der Waals surface area contributed by atoms with Crippen molar-refractivity contribution in [1.82, 2.24) is 20.8 Å². The Morgan fingerprint density at radius 2 is 1.39 bits per heavy atom. The highest BCUT2D eigenvalue weighted by molar-refractivity contribution is 5.99. The summed E-state index contributed by atoms with van der Waals surface area (Å²) >= 11 is 0. The molecule has 1 heterocycles. The molecule has 14 nitrogen and oxygen atoms in total. The van der Waals surface area contributed by atoms with E-state index in [1.54, 1.807) is 24.3 Å². The second-order valence-electron chi connectivity index (χ2n) is 6.48. The molecule has 0 saturated carbocycles. The van der Waals surface area contributed by atoms with Crippen molar-refractivity contribution in [1.29, 1.82) is 0 Å². The Morgan fingerprint density at radius 3 is 1.97 bits per heavy atom. The van der Waals surface area contributed by atoms with Crippen LogP contribution in [0.2, 0.25) is 0 Å². The van der Waals surface area contributed by atoms with Crippen molar-refractivity contribution in [2.45, 2.75) is 6.92 Å².